The Bertz CT molecular complexity index is 1250. The first-order valence-electron chi connectivity index (χ1n) is 12.7. The molecule has 0 unspecified atom stereocenters. The maximum atomic E-state index is 14.2. The number of ketones is 1. The molecular weight excluding hydrogens is 460 g/mol. The maximum Gasteiger partial charge on any atom is 0.243 e. The van der Waals surface area contributed by atoms with Gasteiger partial charge in [-0.15, -0.1) is 0 Å². The predicted molar refractivity (Wildman–Crippen MR) is 133 cm³/mol. The van der Waals surface area contributed by atoms with Gasteiger partial charge in [0.25, 0.3) is 0 Å². The number of morpholine rings is 1. The number of ether oxygens (including phenoxy) is 1. The lowest BCUT2D eigenvalue weighted by molar-refractivity contribution is -0.134. The van der Waals surface area contributed by atoms with E-state index in [1.807, 2.05) is 37.3 Å². The second kappa shape index (κ2) is 7.97. The maximum absolute atomic E-state index is 14.2. The van der Waals surface area contributed by atoms with E-state index in [0.717, 1.165) is 12.1 Å². The first kappa shape index (κ1) is 23.3. The summed E-state index contributed by atoms with van der Waals surface area (Å²) in [5.74, 6) is -0.0603. The zero-order valence-electron chi connectivity index (χ0n) is 20.7. The molecule has 4 fully saturated rings. The predicted octanol–water partition coefficient (Wildman–Crippen LogP) is 3.64. The van der Waals surface area contributed by atoms with Crippen molar-refractivity contribution >= 4 is 15.8 Å². The van der Waals surface area contributed by atoms with Crippen LogP contribution in [0.5, 0.6) is 0 Å². The summed E-state index contributed by atoms with van der Waals surface area (Å²) in [6, 6.07) is 17.5. The Morgan fingerprint density at radius 3 is 2.46 bits per heavy atom. The van der Waals surface area contributed by atoms with E-state index < -0.39 is 21.2 Å². The number of sulfonamides is 1. The standard InChI is InChI=1S/C28H34N2O4S/c1-19(2)28-14-13-23(31)25-24-16-29(15-21-7-5-4-6-8-21)17-27(34-24,26(25)28)18-30(28)35(32,33)22-11-9-20(3)10-12-22/h4-12,19,24-26H,13-18H2,1-3H3/t24-,25-,26-,27-,28+/m1/s1. The van der Waals surface area contributed by atoms with E-state index in [0.29, 0.717) is 37.4 Å². The van der Waals surface area contributed by atoms with E-state index in [1.165, 1.54) is 5.56 Å². The van der Waals surface area contributed by atoms with Gasteiger partial charge in [-0.05, 0) is 37.0 Å². The third kappa shape index (κ3) is 3.31. The van der Waals surface area contributed by atoms with Crippen molar-refractivity contribution in [3.63, 3.8) is 0 Å². The van der Waals surface area contributed by atoms with Crippen molar-refractivity contribution in [2.24, 2.45) is 17.8 Å². The minimum atomic E-state index is -3.76. The fourth-order valence-corrected chi connectivity index (χ4v) is 9.67. The lowest BCUT2D eigenvalue weighted by atomic mass is 9.60. The second-order valence-corrected chi connectivity index (χ2v) is 13.2. The highest BCUT2D eigenvalue weighted by atomic mass is 32.2. The summed E-state index contributed by atoms with van der Waals surface area (Å²) in [6.45, 7) is 8.62. The number of aryl methyl sites for hydroxylation is 1. The van der Waals surface area contributed by atoms with Gasteiger partial charge in [0.2, 0.25) is 10.0 Å². The number of likely N-dealkylation sites (tertiary alicyclic amines) is 1. The molecule has 5 atom stereocenters. The van der Waals surface area contributed by atoms with Gasteiger partial charge in [-0.1, -0.05) is 61.9 Å². The van der Waals surface area contributed by atoms with Gasteiger partial charge < -0.3 is 4.74 Å². The van der Waals surface area contributed by atoms with E-state index in [4.69, 9.17) is 4.74 Å². The molecule has 4 aliphatic rings. The minimum Gasteiger partial charge on any atom is -0.367 e. The van der Waals surface area contributed by atoms with Crippen LogP contribution >= 0.6 is 0 Å². The van der Waals surface area contributed by atoms with Crippen LogP contribution in [0.1, 0.15) is 37.8 Å². The molecule has 0 N–H and O–H groups in total. The van der Waals surface area contributed by atoms with Gasteiger partial charge >= 0.3 is 0 Å². The Morgan fingerprint density at radius 1 is 1.06 bits per heavy atom. The van der Waals surface area contributed by atoms with E-state index in [-0.39, 0.29) is 29.6 Å². The second-order valence-electron chi connectivity index (χ2n) is 11.3. The zero-order valence-corrected chi connectivity index (χ0v) is 21.5. The van der Waals surface area contributed by atoms with Crippen molar-refractivity contribution in [1.29, 1.82) is 0 Å². The molecule has 2 bridgehead atoms. The van der Waals surface area contributed by atoms with E-state index in [1.54, 1.807) is 16.4 Å². The number of fused-ring (bicyclic) bond motifs is 2. The summed E-state index contributed by atoms with van der Waals surface area (Å²) in [5, 5.41) is 0. The minimum absolute atomic E-state index is 0.0632. The first-order chi connectivity index (χ1) is 16.7. The molecule has 186 valence electrons. The van der Waals surface area contributed by atoms with Gasteiger partial charge in [-0.2, -0.15) is 4.31 Å². The van der Waals surface area contributed by atoms with Gasteiger partial charge in [0.05, 0.1) is 16.9 Å². The van der Waals surface area contributed by atoms with Gasteiger partial charge in [0, 0.05) is 44.1 Å². The number of nitrogens with zero attached hydrogens (tertiary/aromatic N) is 2. The number of hydrogen-bond acceptors (Lipinski definition) is 5. The molecule has 0 radical (unpaired) electrons. The number of benzene rings is 2. The largest absolute Gasteiger partial charge is 0.367 e. The lowest BCUT2D eigenvalue weighted by Crippen LogP contribution is -2.60. The number of carbonyl (C=O) groups excluding carboxylic acids is 1. The fraction of sp³-hybridized carbons (Fsp3) is 0.536. The van der Waals surface area contributed by atoms with Gasteiger partial charge in [0.15, 0.2) is 0 Å². The Morgan fingerprint density at radius 2 is 1.77 bits per heavy atom. The lowest BCUT2D eigenvalue weighted by Gasteiger charge is -2.49. The van der Waals surface area contributed by atoms with Crippen LogP contribution in [-0.2, 0) is 26.1 Å². The molecule has 35 heavy (non-hydrogen) atoms. The average Bonchev–Trinajstić information content (AvgIpc) is 3.24. The highest BCUT2D eigenvalue weighted by Gasteiger charge is 2.76. The topological polar surface area (TPSA) is 66.9 Å². The van der Waals surface area contributed by atoms with Crippen molar-refractivity contribution in [3.05, 3.63) is 65.7 Å². The van der Waals surface area contributed by atoms with Crippen LogP contribution in [0.4, 0.5) is 0 Å². The van der Waals surface area contributed by atoms with Gasteiger partial charge in [0.1, 0.15) is 11.4 Å². The van der Waals surface area contributed by atoms with E-state index >= 15 is 0 Å². The molecule has 0 aromatic heterocycles. The molecule has 1 spiro atoms. The molecule has 6 nitrogen and oxygen atoms in total. The number of hydrogen-bond donors (Lipinski definition) is 0. The smallest absolute Gasteiger partial charge is 0.243 e. The third-order valence-corrected chi connectivity index (χ3v) is 11.0. The van der Waals surface area contributed by atoms with Crippen LogP contribution in [-0.4, -0.2) is 60.3 Å². The van der Waals surface area contributed by atoms with Crippen LogP contribution < -0.4 is 0 Å². The fourth-order valence-electron chi connectivity index (χ4n) is 7.68. The van der Waals surface area contributed by atoms with Crippen LogP contribution in [0.2, 0.25) is 0 Å². The summed E-state index contributed by atoms with van der Waals surface area (Å²) in [4.78, 5) is 16.1. The quantitative estimate of drug-likeness (QED) is 0.635. The summed E-state index contributed by atoms with van der Waals surface area (Å²) in [7, 11) is -3.76. The normalized spacial score (nSPS) is 35.0. The van der Waals surface area contributed by atoms with E-state index in [9.17, 15) is 13.2 Å². The molecule has 1 saturated carbocycles. The van der Waals surface area contributed by atoms with Crippen LogP contribution in [0.3, 0.4) is 0 Å². The Hall–Kier alpha value is -2.06. The number of Topliss-reactive ketones (excluding diaryl/α,β-unsaturated/α-hetero) is 1. The van der Waals surface area contributed by atoms with Crippen LogP contribution in [0.25, 0.3) is 0 Å². The van der Waals surface area contributed by atoms with Crippen molar-refractivity contribution in [1.82, 2.24) is 9.21 Å². The van der Waals surface area contributed by atoms with Crippen molar-refractivity contribution in [2.75, 3.05) is 19.6 Å². The molecule has 3 heterocycles. The SMILES string of the molecule is Cc1ccc(S(=O)(=O)N2C[C@@]34CN(Cc5ccccc5)C[C@@H](O3)[C@H]3C(=O)CC[C@]2(C(C)C)[C@H]34)cc1. The molecular formula is C28H34N2O4S. The third-order valence-electron chi connectivity index (χ3n) is 9.06. The summed E-state index contributed by atoms with van der Waals surface area (Å²) in [5.41, 5.74) is 0.954. The van der Waals surface area contributed by atoms with E-state index in [2.05, 4.69) is 30.9 Å². The Labute approximate surface area is 208 Å². The molecule has 0 amide bonds. The van der Waals surface area contributed by atoms with Crippen molar-refractivity contribution in [2.45, 2.75) is 62.3 Å². The molecule has 7 heteroatoms. The number of rotatable bonds is 5. The first-order valence-corrected chi connectivity index (χ1v) is 14.2. The molecule has 6 rings (SSSR count). The Balaban J connectivity index is 1.44. The van der Waals surface area contributed by atoms with Crippen molar-refractivity contribution in [3.8, 4) is 0 Å². The molecule has 3 aliphatic heterocycles. The van der Waals surface area contributed by atoms with Gasteiger partial charge in [-0.25, -0.2) is 8.42 Å². The summed E-state index contributed by atoms with van der Waals surface area (Å²) in [6.07, 6.45) is 0.799. The van der Waals surface area contributed by atoms with Crippen LogP contribution in [0.15, 0.2) is 59.5 Å². The highest BCUT2D eigenvalue weighted by Crippen LogP contribution is 2.63. The van der Waals surface area contributed by atoms with Crippen molar-refractivity contribution < 1.29 is 17.9 Å². The summed E-state index contributed by atoms with van der Waals surface area (Å²) >= 11 is 0. The molecule has 2 aromatic rings. The van der Waals surface area contributed by atoms with Crippen LogP contribution in [0, 0.1) is 24.7 Å². The van der Waals surface area contributed by atoms with Gasteiger partial charge in [-0.3, -0.25) is 9.69 Å². The highest BCUT2D eigenvalue weighted by molar-refractivity contribution is 7.89. The summed E-state index contributed by atoms with van der Waals surface area (Å²) < 4.78 is 36.8. The number of carbonyl (C=O) groups is 1. The monoisotopic (exact) mass is 494 g/mol. The molecule has 3 saturated heterocycles. The molecule has 2 aromatic carbocycles. The molecule has 1 aliphatic carbocycles. The average molecular weight is 495 g/mol. The Kier molecular flexibility index (Phi) is 5.32. The zero-order chi connectivity index (χ0) is 24.6.